The molecule has 1 aromatic heterocycles. The molecule has 0 bridgehead atoms. The molecule has 0 radical (unpaired) electrons. The third-order valence-electron chi connectivity index (χ3n) is 2.04. The number of aromatic amines is 1. The second-order valence-electron chi connectivity index (χ2n) is 3.27. The first-order valence-electron chi connectivity index (χ1n) is 4.57. The van der Waals surface area contributed by atoms with E-state index in [9.17, 15) is 12.8 Å². The third-order valence-corrected chi connectivity index (χ3v) is 4.24. The minimum absolute atomic E-state index is 0.210. The number of aromatic nitrogens is 2. The number of halogens is 3. The maximum atomic E-state index is 13.4. The van der Waals surface area contributed by atoms with Crippen LogP contribution in [-0.4, -0.2) is 18.6 Å². The van der Waals surface area contributed by atoms with Crippen molar-refractivity contribution in [2.75, 3.05) is 4.72 Å². The standard InChI is InChI=1S/C9H6Cl2FN3O2S/c10-6-1-2-7(8(11)9(6)12)18(16,17)15-5-3-13-14-4-5/h1-4,15H,(H,13,14). The van der Waals surface area contributed by atoms with Crippen LogP contribution >= 0.6 is 23.2 Å². The van der Waals surface area contributed by atoms with Crippen LogP contribution in [0.15, 0.2) is 29.4 Å². The number of sulfonamides is 1. The van der Waals surface area contributed by atoms with Crippen molar-refractivity contribution in [1.29, 1.82) is 0 Å². The SMILES string of the molecule is O=S(=O)(Nc1cn[nH]c1)c1ccc(Cl)c(F)c1Cl. The highest BCUT2D eigenvalue weighted by molar-refractivity contribution is 7.92. The van der Waals surface area contributed by atoms with Gasteiger partial charge >= 0.3 is 0 Å². The molecule has 1 heterocycles. The van der Waals surface area contributed by atoms with E-state index in [1.54, 1.807) is 0 Å². The highest BCUT2D eigenvalue weighted by atomic mass is 35.5. The van der Waals surface area contributed by atoms with Crippen molar-refractivity contribution in [3.63, 3.8) is 0 Å². The molecule has 0 amide bonds. The number of nitrogens with zero attached hydrogens (tertiary/aromatic N) is 1. The monoisotopic (exact) mass is 309 g/mol. The molecule has 0 saturated carbocycles. The Kier molecular flexibility index (Phi) is 3.47. The zero-order valence-electron chi connectivity index (χ0n) is 8.62. The van der Waals surface area contributed by atoms with E-state index in [1.807, 2.05) is 0 Å². The highest BCUT2D eigenvalue weighted by Gasteiger charge is 2.22. The molecule has 5 nitrogen and oxygen atoms in total. The molecule has 0 fully saturated rings. The van der Waals surface area contributed by atoms with Crippen molar-refractivity contribution in [2.24, 2.45) is 0 Å². The van der Waals surface area contributed by atoms with Crippen LogP contribution in [0.25, 0.3) is 0 Å². The molecule has 18 heavy (non-hydrogen) atoms. The third kappa shape index (κ3) is 2.43. The van der Waals surface area contributed by atoms with Gasteiger partial charge in [-0.1, -0.05) is 23.2 Å². The van der Waals surface area contributed by atoms with Crippen molar-refractivity contribution in [3.8, 4) is 0 Å². The molecule has 96 valence electrons. The summed E-state index contributed by atoms with van der Waals surface area (Å²) in [6, 6.07) is 2.24. The predicted octanol–water partition coefficient (Wildman–Crippen LogP) is 2.66. The highest BCUT2D eigenvalue weighted by Crippen LogP contribution is 2.30. The van der Waals surface area contributed by atoms with Crippen LogP contribution in [-0.2, 0) is 10.0 Å². The zero-order chi connectivity index (χ0) is 13.3. The number of benzene rings is 1. The topological polar surface area (TPSA) is 74.8 Å². The molecule has 0 saturated heterocycles. The van der Waals surface area contributed by atoms with E-state index < -0.39 is 25.8 Å². The van der Waals surface area contributed by atoms with Crippen molar-refractivity contribution in [1.82, 2.24) is 10.2 Å². The van der Waals surface area contributed by atoms with Gasteiger partial charge in [0.05, 0.1) is 21.9 Å². The Hall–Kier alpha value is -1.31. The number of anilines is 1. The van der Waals surface area contributed by atoms with Crippen LogP contribution in [0, 0.1) is 5.82 Å². The Morgan fingerprint density at radius 3 is 2.67 bits per heavy atom. The maximum Gasteiger partial charge on any atom is 0.263 e. The molecule has 2 N–H and O–H groups in total. The first kappa shape index (κ1) is 13.1. The van der Waals surface area contributed by atoms with Crippen molar-refractivity contribution in [3.05, 3.63) is 40.4 Å². The fourth-order valence-corrected chi connectivity index (χ4v) is 3.01. The van der Waals surface area contributed by atoms with Gasteiger partial charge in [-0.25, -0.2) is 12.8 Å². The Morgan fingerprint density at radius 2 is 2.06 bits per heavy atom. The van der Waals surface area contributed by atoms with Crippen LogP contribution in [0.1, 0.15) is 0 Å². The van der Waals surface area contributed by atoms with E-state index in [2.05, 4.69) is 14.9 Å². The molecule has 2 aromatic rings. The Morgan fingerprint density at radius 1 is 1.33 bits per heavy atom. The van der Waals surface area contributed by atoms with Crippen molar-refractivity contribution < 1.29 is 12.8 Å². The zero-order valence-corrected chi connectivity index (χ0v) is 10.9. The summed E-state index contributed by atoms with van der Waals surface area (Å²) in [7, 11) is -3.99. The summed E-state index contributed by atoms with van der Waals surface area (Å²) < 4.78 is 39.5. The van der Waals surface area contributed by atoms with Gasteiger partial charge < -0.3 is 0 Å². The molecular weight excluding hydrogens is 304 g/mol. The van der Waals surface area contributed by atoms with E-state index in [0.717, 1.165) is 12.1 Å². The normalized spacial score (nSPS) is 11.5. The fraction of sp³-hybridized carbons (Fsp3) is 0. The maximum absolute atomic E-state index is 13.4. The van der Waals surface area contributed by atoms with E-state index >= 15 is 0 Å². The number of H-pyrrole nitrogens is 1. The summed E-state index contributed by atoms with van der Waals surface area (Å²) >= 11 is 11.1. The van der Waals surface area contributed by atoms with E-state index in [1.165, 1.54) is 12.4 Å². The average Bonchev–Trinajstić information content (AvgIpc) is 2.77. The molecular formula is C9H6Cl2FN3O2S. The van der Waals surface area contributed by atoms with Crippen LogP contribution in [0.2, 0.25) is 10.0 Å². The summed E-state index contributed by atoms with van der Waals surface area (Å²) in [5.41, 5.74) is 0.210. The smallest absolute Gasteiger partial charge is 0.263 e. The quantitative estimate of drug-likeness (QED) is 0.856. The van der Waals surface area contributed by atoms with E-state index in [-0.39, 0.29) is 10.7 Å². The number of rotatable bonds is 3. The predicted molar refractivity (Wildman–Crippen MR) is 65.8 cm³/mol. The van der Waals surface area contributed by atoms with E-state index in [4.69, 9.17) is 23.2 Å². The van der Waals surface area contributed by atoms with Gasteiger partial charge in [0.25, 0.3) is 10.0 Å². The van der Waals surface area contributed by atoms with Gasteiger partial charge in [-0.05, 0) is 12.1 Å². The second kappa shape index (κ2) is 4.75. The molecule has 9 heteroatoms. The first-order valence-corrected chi connectivity index (χ1v) is 6.81. The van der Waals surface area contributed by atoms with Gasteiger partial charge in [0.1, 0.15) is 4.90 Å². The van der Waals surface area contributed by atoms with Gasteiger partial charge in [0.15, 0.2) is 5.82 Å². The number of hydrogen-bond acceptors (Lipinski definition) is 3. The Labute approximate surface area is 112 Å². The minimum atomic E-state index is -3.99. The van der Waals surface area contributed by atoms with Gasteiger partial charge in [-0.15, -0.1) is 0 Å². The minimum Gasteiger partial charge on any atom is -0.284 e. The lowest BCUT2D eigenvalue weighted by molar-refractivity contribution is 0.595. The number of hydrogen-bond donors (Lipinski definition) is 2. The second-order valence-corrected chi connectivity index (χ2v) is 5.70. The largest absolute Gasteiger partial charge is 0.284 e. The number of nitrogens with one attached hydrogen (secondary N) is 2. The Balaban J connectivity index is 2.45. The van der Waals surface area contributed by atoms with Gasteiger partial charge in [-0.2, -0.15) is 5.10 Å². The van der Waals surface area contributed by atoms with Gasteiger partial charge in [0.2, 0.25) is 0 Å². The van der Waals surface area contributed by atoms with Crippen LogP contribution in [0.3, 0.4) is 0 Å². The molecule has 1 aromatic carbocycles. The molecule has 0 unspecified atom stereocenters. The van der Waals surface area contributed by atoms with E-state index in [0.29, 0.717) is 0 Å². The Bertz CT molecular complexity index is 673. The van der Waals surface area contributed by atoms with Crippen molar-refractivity contribution in [2.45, 2.75) is 4.90 Å². The van der Waals surface area contributed by atoms with Gasteiger partial charge in [-0.3, -0.25) is 9.82 Å². The van der Waals surface area contributed by atoms with Crippen LogP contribution in [0.4, 0.5) is 10.1 Å². The summed E-state index contributed by atoms with van der Waals surface area (Å²) in [5.74, 6) is -0.978. The lowest BCUT2D eigenvalue weighted by Gasteiger charge is -2.08. The summed E-state index contributed by atoms with van der Waals surface area (Å²) in [6.07, 6.45) is 2.59. The molecule has 0 spiro atoms. The molecule has 0 aliphatic heterocycles. The molecule has 0 aliphatic carbocycles. The van der Waals surface area contributed by atoms with Crippen LogP contribution < -0.4 is 4.72 Å². The molecule has 0 atom stereocenters. The van der Waals surface area contributed by atoms with Gasteiger partial charge in [0, 0.05) is 6.20 Å². The van der Waals surface area contributed by atoms with Crippen molar-refractivity contribution >= 4 is 38.9 Å². The molecule has 2 rings (SSSR count). The first-order chi connectivity index (χ1) is 8.42. The lowest BCUT2D eigenvalue weighted by Crippen LogP contribution is -2.13. The summed E-state index contributed by atoms with van der Waals surface area (Å²) in [4.78, 5) is -0.396. The summed E-state index contributed by atoms with van der Waals surface area (Å²) in [6.45, 7) is 0. The lowest BCUT2D eigenvalue weighted by atomic mass is 10.3. The molecule has 0 aliphatic rings. The fourth-order valence-electron chi connectivity index (χ4n) is 1.23. The summed E-state index contributed by atoms with van der Waals surface area (Å²) in [5, 5.41) is 5.20. The van der Waals surface area contributed by atoms with Crippen LogP contribution in [0.5, 0.6) is 0 Å². The average molecular weight is 310 g/mol.